The summed E-state index contributed by atoms with van der Waals surface area (Å²) in [6.07, 6.45) is 0.983. The molecule has 0 radical (unpaired) electrons. The molecule has 0 saturated heterocycles. The van der Waals surface area contributed by atoms with E-state index in [-0.39, 0.29) is 0 Å². The minimum Gasteiger partial charge on any atom is -0.268 e. The largest absolute Gasteiger partial charge is 0.268 e. The Morgan fingerprint density at radius 3 is 2.67 bits per heavy atom. The summed E-state index contributed by atoms with van der Waals surface area (Å²) in [4.78, 5) is 0. The molecule has 0 aromatic carbocycles. The maximum atomic E-state index is 11.7. The Kier molecular flexibility index (Phi) is 6.49. The highest BCUT2D eigenvalue weighted by Crippen LogP contribution is 2.05. The van der Waals surface area contributed by atoms with Crippen LogP contribution in [0.1, 0.15) is 0 Å². The standard InChI is InChI=1S/C7H11F2IN2/c1-2-6(10)3-4-12(11)5-7(8)9/h2-3,7H,1,4-5,11H2/b6-3+. The average Bonchev–Trinajstić information content (AvgIpc) is 1.99. The summed E-state index contributed by atoms with van der Waals surface area (Å²) in [5, 5.41) is 1.06. The summed E-state index contributed by atoms with van der Waals surface area (Å²) in [7, 11) is 0. The first-order valence-electron chi connectivity index (χ1n) is 3.32. The number of hydrazine groups is 1. The van der Waals surface area contributed by atoms with E-state index in [0.29, 0.717) is 6.54 Å². The molecule has 0 aliphatic heterocycles. The first-order chi connectivity index (χ1) is 5.56. The number of hydrogen-bond acceptors (Lipinski definition) is 2. The van der Waals surface area contributed by atoms with E-state index >= 15 is 0 Å². The Morgan fingerprint density at radius 2 is 2.25 bits per heavy atom. The van der Waals surface area contributed by atoms with Crippen molar-refractivity contribution in [3.63, 3.8) is 0 Å². The number of nitrogens with two attached hydrogens (primary N) is 1. The molecule has 0 heterocycles. The lowest BCUT2D eigenvalue weighted by Gasteiger charge is -2.12. The molecule has 0 saturated carbocycles. The fourth-order valence-electron chi connectivity index (χ4n) is 0.540. The third kappa shape index (κ3) is 6.68. The number of rotatable bonds is 5. The summed E-state index contributed by atoms with van der Waals surface area (Å²) < 4.78 is 24.4. The van der Waals surface area contributed by atoms with E-state index in [1.165, 1.54) is 0 Å². The highest BCUT2D eigenvalue weighted by atomic mass is 127. The highest BCUT2D eigenvalue weighted by molar-refractivity contribution is 14.1. The molecule has 2 nitrogen and oxygen atoms in total. The third-order valence-electron chi connectivity index (χ3n) is 1.09. The number of alkyl halides is 2. The van der Waals surface area contributed by atoms with Crippen LogP contribution in [0.5, 0.6) is 0 Å². The van der Waals surface area contributed by atoms with Gasteiger partial charge in [-0.15, -0.1) is 0 Å². The molecule has 0 aliphatic rings. The van der Waals surface area contributed by atoms with E-state index in [1.807, 2.05) is 22.6 Å². The molecule has 5 heteroatoms. The predicted molar refractivity (Wildman–Crippen MR) is 54.1 cm³/mol. The monoisotopic (exact) mass is 288 g/mol. The molecule has 2 N–H and O–H groups in total. The average molecular weight is 288 g/mol. The summed E-state index contributed by atoms with van der Waals surface area (Å²) in [6.45, 7) is 3.43. The van der Waals surface area contributed by atoms with Crippen molar-refractivity contribution in [1.82, 2.24) is 5.01 Å². The van der Waals surface area contributed by atoms with Gasteiger partial charge in [-0.05, 0) is 22.6 Å². The van der Waals surface area contributed by atoms with Gasteiger partial charge in [-0.25, -0.2) is 13.8 Å². The fourth-order valence-corrected chi connectivity index (χ4v) is 0.737. The minimum atomic E-state index is -2.38. The summed E-state index contributed by atoms with van der Waals surface area (Å²) >= 11 is 2.05. The van der Waals surface area contributed by atoms with Gasteiger partial charge in [-0.1, -0.05) is 18.7 Å². The molecule has 0 unspecified atom stereocenters. The lowest BCUT2D eigenvalue weighted by atomic mass is 10.4. The van der Waals surface area contributed by atoms with E-state index in [1.54, 1.807) is 12.2 Å². The van der Waals surface area contributed by atoms with E-state index in [9.17, 15) is 8.78 Å². The SMILES string of the molecule is C=C/C(I)=C\CN(N)CC(F)F. The smallest absolute Gasteiger partial charge is 0.252 e. The van der Waals surface area contributed by atoms with Crippen LogP contribution in [-0.2, 0) is 0 Å². The zero-order valence-corrected chi connectivity index (χ0v) is 8.67. The van der Waals surface area contributed by atoms with Gasteiger partial charge in [0.05, 0.1) is 6.54 Å². The van der Waals surface area contributed by atoms with Crippen LogP contribution in [0.25, 0.3) is 0 Å². The Morgan fingerprint density at radius 1 is 1.67 bits per heavy atom. The van der Waals surface area contributed by atoms with Gasteiger partial charge in [0.25, 0.3) is 6.43 Å². The first kappa shape index (κ1) is 12.0. The fraction of sp³-hybridized carbons (Fsp3) is 0.429. The van der Waals surface area contributed by atoms with E-state index in [0.717, 1.165) is 8.59 Å². The van der Waals surface area contributed by atoms with Crippen molar-refractivity contribution in [3.8, 4) is 0 Å². The second kappa shape index (κ2) is 6.50. The van der Waals surface area contributed by atoms with Crippen molar-refractivity contribution in [2.75, 3.05) is 13.1 Å². The summed E-state index contributed by atoms with van der Waals surface area (Å²) in [6, 6.07) is 0. The van der Waals surface area contributed by atoms with Crippen molar-refractivity contribution >= 4 is 22.6 Å². The molecule has 12 heavy (non-hydrogen) atoms. The molecular weight excluding hydrogens is 277 g/mol. The van der Waals surface area contributed by atoms with Gasteiger partial charge in [0.1, 0.15) is 0 Å². The number of halogens is 3. The Hall–Kier alpha value is -0.0100. The third-order valence-corrected chi connectivity index (χ3v) is 1.97. The second-order valence-corrected chi connectivity index (χ2v) is 3.38. The highest BCUT2D eigenvalue weighted by Gasteiger charge is 2.05. The zero-order chi connectivity index (χ0) is 9.56. The lowest BCUT2D eigenvalue weighted by molar-refractivity contribution is 0.0942. The molecule has 0 aromatic heterocycles. The van der Waals surface area contributed by atoms with Crippen molar-refractivity contribution in [2.45, 2.75) is 6.43 Å². The predicted octanol–water partition coefficient (Wildman–Crippen LogP) is 1.93. The molecule has 0 aromatic rings. The Labute approximate surface area is 84.2 Å². The molecule has 0 fully saturated rings. The van der Waals surface area contributed by atoms with Crippen molar-refractivity contribution in [1.29, 1.82) is 0 Å². The maximum absolute atomic E-state index is 11.7. The molecule has 0 atom stereocenters. The van der Waals surface area contributed by atoms with Gasteiger partial charge in [0.15, 0.2) is 0 Å². The van der Waals surface area contributed by atoms with Crippen LogP contribution in [0.4, 0.5) is 8.78 Å². The van der Waals surface area contributed by atoms with Gasteiger partial charge < -0.3 is 0 Å². The van der Waals surface area contributed by atoms with E-state index in [4.69, 9.17) is 5.84 Å². The first-order valence-corrected chi connectivity index (χ1v) is 4.40. The number of nitrogens with zero attached hydrogens (tertiary/aromatic N) is 1. The number of hydrogen-bond donors (Lipinski definition) is 1. The Balaban J connectivity index is 3.70. The topological polar surface area (TPSA) is 29.3 Å². The maximum Gasteiger partial charge on any atom is 0.252 e. The molecule has 70 valence electrons. The van der Waals surface area contributed by atoms with Crippen LogP contribution in [0, 0.1) is 0 Å². The molecule has 0 spiro atoms. The van der Waals surface area contributed by atoms with Gasteiger partial charge >= 0.3 is 0 Å². The van der Waals surface area contributed by atoms with Crippen LogP contribution in [-0.4, -0.2) is 24.5 Å². The second-order valence-electron chi connectivity index (χ2n) is 2.14. The van der Waals surface area contributed by atoms with Crippen LogP contribution in [0.3, 0.4) is 0 Å². The van der Waals surface area contributed by atoms with E-state index < -0.39 is 13.0 Å². The van der Waals surface area contributed by atoms with E-state index in [2.05, 4.69) is 6.58 Å². The molecule has 0 rings (SSSR count). The summed E-state index contributed by atoms with van der Waals surface area (Å²) in [5.41, 5.74) is 0. The zero-order valence-electron chi connectivity index (χ0n) is 6.51. The number of allylic oxidation sites excluding steroid dienone is 2. The van der Waals surface area contributed by atoms with Gasteiger partial charge in [-0.3, -0.25) is 5.84 Å². The van der Waals surface area contributed by atoms with Gasteiger partial charge in [0, 0.05) is 10.1 Å². The lowest BCUT2D eigenvalue weighted by Crippen LogP contribution is -2.35. The molecule has 0 aliphatic carbocycles. The molecular formula is C7H11F2IN2. The quantitative estimate of drug-likeness (QED) is 0.362. The molecule has 0 bridgehead atoms. The van der Waals surface area contributed by atoms with Crippen molar-refractivity contribution in [3.05, 3.63) is 22.3 Å². The van der Waals surface area contributed by atoms with Crippen LogP contribution in [0.2, 0.25) is 0 Å². The van der Waals surface area contributed by atoms with Crippen LogP contribution in [0.15, 0.2) is 22.3 Å². The Bertz CT molecular complexity index is 171. The van der Waals surface area contributed by atoms with Gasteiger partial charge in [0.2, 0.25) is 0 Å². The normalized spacial score (nSPS) is 12.7. The van der Waals surface area contributed by atoms with Crippen LogP contribution < -0.4 is 5.84 Å². The van der Waals surface area contributed by atoms with Crippen molar-refractivity contribution in [2.24, 2.45) is 5.84 Å². The summed E-state index contributed by atoms with van der Waals surface area (Å²) in [5.74, 6) is 5.25. The van der Waals surface area contributed by atoms with Gasteiger partial charge in [-0.2, -0.15) is 0 Å². The van der Waals surface area contributed by atoms with Crippen LogP contribution >= 0.6 is 22.6 Å². The molecule has 0 amide bonds. The minimum absolute atomic E-state index is 0.314. The van der Waals surface area contributed by atoms with Crippen molar-refractivity contribution < 1.29 is 8.78 Å².